The third-order valence-corrected chi connectivity index (χ3v) is 3.54. The van der Waals surface area contributed by atoms with Gasteiger partial charge in [0.25, 0.3) is 5.91 Å². The van der Waals surface area contributed by atoms with Crippen molar-refractivity contribution in [3.8, 4) is 0 Å². The van der Waals surface area contributed by atoms with Gasteiger partial charge in [-0.05, 0) is 19.1 Å². The molecule has 0 aliphatic carbocycles. The molecule has 0 saturated carbocycles. The van der Waals surface area contributed by atoms with Crippen LogP contribution in [0.25, 0.3) is 0 Å². The van der Waals surface area contributed by atoms with Gasteiger partial charge in [0.2, 0.25) is 0 Å². The first-order valence-corrected chi connectivity index (χ1v) is 7.06. The predicted molar refractivity (Wildman–Crippen MR) is 80.8 cm³/mol. The summed E-state index contributed by atoms with van der Waals surface area (Å²) >= 11 is 0. The predicted octanol–water partition coefficient (Wildman–Crippen LogP) is -0.835. The number of aliphatic hydroxyl groups excluding tert-OH is 3. The van der Waals surface area contributed by atoms with Crippen LogP contribution in [0.2, 0.25) is 0 Å². The Morgan fingerprint density at radius 2 is 1.87 bits per heavy atom. The molecule has 5 atom stereocenters. The number of hydrazone groups is 1. The van der Waals surface area contributed by atoms with E-state index in [-0.39, 0.29) is 0 Å². The smallest absolute Gasteiger partial charge is 0.271 e. The number of carbonyl (C=O) groups is 1. The zero-order valence-corrected chi connectivity index (χ0v) is 12.8. The minimum Gasteiger partial charge on any atom is -0.387 e. The third-order valence-electron chi connectivity index (χ3n) is 3.54. The van der Waals surface area contributed by atoms with E-state index in [4.69, 9.17) is 9.47 Å². The first kappa shape index (κ1) is 17.5. The average Bonchev–Trinajstić information content (AvgIpc) is 2.55. The third kappa shape index (κ3) is 4.12. The summed E-state index contributed by atoms with van der Waals surface area (Å²) in [7, 11) is 1.30. The molecule has 0 bridgehead atoms. The number of aryl methyl sites for hydroxylation is 1. The van der Waals surface area contributed by atoms with E-state index in [9.17, 15) is 20.1 Å². The Morgan fingerprint density at radius 3 is 2.48 bits per heavy atom. The highest BCUT2D eigenvalue weighted by molar-refractivity contribution is 5.94. The normalized spacial score (nSPS) is 31.3. The number of benzene rings is 1. The Labute approximate surface area is 133 Å². The van der Waals surface area contributed by atoms with Gasteiger partial charge in [0, 0.05) is 12.7 Å². The summed E-state index contributed by atoms with van der Waals surface area (Å²) in [5, 5.41) is 32.9. The number of amides is 1. The number of ether oxygens (including phenoxy) is 2. The van der Waals surface area contributed by atoms with E-state index < -0.39 is 36.6 Å². The first-order chi connectivity index (χ1) is 10.9. The summed E-state index contributed by atoms with van der Waals surface area (Å²) in [4.78, 5) is 11.9. The first-order valence-electron chi connectivity index (χ1n) is 7.06. The minimum absolute atomic E-state index is 0.421. The average molecular weight is 324 g/mol. The topological polar surface area (TPSA) is 121 Å². The molecule has 0 radical (unpaired) electrons. The van der Waals surface area contributed by atoms with Gasteiger partial charge in [-0.15, -0.1) is 0 Å². The van der Waals surface area contributed by atoms with Crippen molar-refractivity contribution in [2.45, 2.75) is 37.6 Å². The van der Waals surface area contributed by atoms with Crippen molar-refractivity contribution < 1.29 is 29.6 Å². The quantitative estimate of drug-likeness (QED) is 0.423. The van der Waals surface area contributed by atoms with Crippen LogP contribution in [0, 0.1) is 6.92 Å². The fourth-order valence-electron chi connectivity index (χ4n) is 2.13. The number of methoxy groups -OCH3 is 1. The van der Waals surface area contributed by atoms with Gasteiger partial charge in [-0.3, -0.25) is 4.79 Å². The van der Waals surface area contributed by atoms with Gasteiger partial charge in [-0.1, -0.05) is 17.7 Å². The SMILES string of the molecule is CO[C@@H]1O[C@H](/C=N/NC(=O)c2ccc(C)cc2)[C@H](O)[C@H](O)[C@H]1O. The van der Waals surface area contributed by atoms with E-state index in [1.807, 2.05) is 6.92 Å². The second-order valence-electron chi connectivity index (χ2n) is 5.26. The van der Waals surface area contributed by atoms with Crippen LogP contribution in [0.15, 0.2) is 29.4 Å². The highest BCUT2D eigenvalue weighted by atomic mass is 16.7. The maximum Gasteiger partial charge on any atom is 0.271 e. The van der Waals surface area contributed by atoms with E-state index in [0.717, 1.165) is 11.8 Å². The largest absolute Gasteiger partial charge is 0.387 e. The number of nitrogens with zero attached hydrogens (tertiary/aromatic N) is 1. The molecule has 23 heavy (non-hydrogen) atoms. The Bertz CT molecular complexity index is 560. The molecule has 0 aromatic heterocycles. The molecule has 8 nitrogen and oxygen atoms in total. The molecule has 126 valence electrons. The molecule has 1 aliphatic rings. The van der Waals surface area contributed by atoms with E-state index in [0.29, 0.717) is 5.56 Å². The molecule has 1 aliphatic heterocycles. The molecule has 1 aromatic carbocycles. The summed E-state index contributed by atoms with van der Waals surface area (Å²) in [6, 6.07) is 6.92. The van der Waals surface area contributed by atoms with Crippen LogP contribution in [0.1, 0.15) is 15.9 Å². The molecule has 1 aromatic rings. The second-order valence-corrected chi connectivity index (χ2v) is 5.26. The fourth-order valence-corrected chi connectivity index (χ4v) is 2.13. The van der Waals surface area contributed by atoms with Crippen LogP contribution in [0.4, 0.5) is 0 Å². The van der Waals surface area contributed by atoms with Gasteiger partial charge >= 0.3 is 0 Å². The maximum absolute atomic E-state index is 11.9. The minimum atomic E-state index is -1.45. The lowest BCUT2D eigenvalue weighted by atomic mass is 10.00. The highest BCUT2D eigenvalue weighted by Crippen LogP contribution is 2.20. The number of nitrogens with one attached hydrogen (secondary N) is 1. The van der Waals surface area contributed by atoms with Crippen LogP contribution in [0.5, 0.6) is 0 Å². The number of hydrogen-bond acceptors (Lipinski definition) is 7. The van der Waals surface area contributed by atoms with Crippen molar-refractivity contribution in [2.75, 3.05) is 7.11 Å². The van der Waals surface area contributed by atoms with Crippen molar-refractivity contribution in [3.05, 3.63) is 35.4 Å². The highest BCUT2D eigenvalue weighted by Gasteiger charge is 2.43. The van der Waals surface area contributed by atoms with Gasteiger partial charge in [0.05, 0.1) is 6.21 Å². The Hall–Kier alpha value is -1.84. The lowest BCUT2D eigenvalue weighted by Gasteiger charge is -2.38. The van der Waals surface area contributed by atoms with E-state index >= 15 is 0 Å². The lowest BCUT2D eigenvalue weighted by molar-refractivity contribution is -0.274. The van der Waals surface area contributed by atoms with Crippen molar-refractivity contribution in [1.82, 2.24) is 5.43 Å². The lowest BCUT2D eigenvalue weighted by Crippen LogP contribution is -2.58. The molecule has 8 heteroatoms. The van der Waals surface area contributed by atoms with Crippen molar-refractivity contribution in [3.63, 3.8) is 0 Å². The van der Waals surface area contributed by atoms with Crippen LogP contribution in [0.3, 0.4) is 0 Å². The van der Waals surface area contributed by atoms with Crippen molar-refractivity contribution >= 4 is 12.1 Å². The summed E-state index contributed by atoms with van der Waals surface area (Å²) < 4.78 is 10.1. The molecular weight excluding hydrogens is 304 g/mol. The molecule has 4 N–H and O–H groups in total. The number of rotatable bonds is 4. The Kier molecular flexibility index (Phi) is 5.80. The summed E-state index contributed by atoms with van der Waals surface area (Å²) in [5.41, 5.74) is 3.76. The van der Waals surface area contributed by atoms with Crippen LogP contribution in [-0.4, -0.2) is 65.3 Å². The zero-order valence-electron chi connectivity index (χ0n) is 12.8. The van der Waals surface area contributed by atoms with Crippen LogP contribution in [-0.2, 0) is 9.47 Å². The molecule has 1 heterocycles. The molecule has 1 amide bonds. The Balaban J connectivity index is 1.96. The number of aliphatic hydroxyl groups is 3. The van der Waals surface area contributed by atoms with Crippen molar-refractivity contribution in [2.24, 2.45) is 5.10 Å². The molecule has 0 spiro atoms. The van der Waals surface area contributed by atoms with Crippen LogP contribution < -0.4 is 5.43 Å². The van der Waals surface area contributed by atoms with Gasteiger partial charge in [0.15, 0.2) is 6.29 Å². The molecule has 2 rings (SSSR count). The molecule has 1 fully saturated rings. The zero-order chi connectivity index (χ0) is 17.0. The summed E-state index contributed by atoms with van der Waals surface area (Å²) in [6.45, 7) is 1.91. The van der Waals surface area contributed by atoms with Crippen LogP contribution >= 0.6 is 0 Å². The number of carbonyl (C=O) groups excluding carboxylic acids is 1. The summed E-state index contributed by atoms with van der Waals surface area (Å²) in [6.07, 6.45) is -5.21. The monoisotopic (exact) mass is 324 g/mol. The van der Waals surface area contributed by atoms with E-state index in [2.05, 4.69) is 10.5 Å². The molecule has 0 unspecified atom stereocenters. The van der Waals surface area contributed by atoms with Gasteiger partial charge in [0.1, 0.15) is 24.4 Å². The standard InChI is InChI=1S/C15H20N2O6/c1-8-3-5-9(6-4-8)14(21)17-16-7-10-11(18)12(19)13(20)15(22-2)23-10/h3-7,10-13,15,18-20H,1-2H3,(H,17,21)/b16-7+/t10-,11+,12+,13-,15-/m1/s1. The second kappa shape index (κ2) is 7.62. The molecule has 1 saturated heterocycles. The maximum atomic E-state index is 11.9. The molecular formula is C15H20N2O6. The van der Waals surface area contributed by atoms with Gasteiger partial charge in [-0.25, -0.2) is 5.43 Å². The van der Waals surface area contributed by atoms with E-state index in [1.54, 1.807) is 24.3 Å². The van der Waals surface area contributed by atoms with Gasteiger partial charge in [-0.2, -0.15) is 5.10 Å². The Morgan fingerprint density at radius 1 is 1.22 bits per heavy atom. The summed E-state index contributed by atoms with van der Waals surface area (Å²) in [5.74, 6) is -0.421. The van der Waals surface area contributed by atoms with Gasteiger partial charge < -0.3 is 24.8 Å². The van der Waals surface area contributed by atoms with Crippen molar-refractivity contribution in [1.29, 1.82) is 0 Å². The van der Waals surface area contributed by atoms with E-state index in [1.165, 1.54) is 7.11 Å². The fraction of sp³-hybridized carbons (Fsp3) is 0.467. The number of hydrogen-bond donors (Lipinski definition) is 4.